The molecule has 0 unspecified atom stereocenters. The number of halogens is 2. The first-order chi connectivity index (χ1) is 14.0. The lowest BCUT2D eigenvalue weighted by Gasteiger charge is -2.11. The lowest BCUT2D eigenvalue weighted by Crippen LogP contribution is -2.30. The van der Waals surface area contributed by atoms with Crippen molar-refractivity contribution in [3.05, 3.63) is 85.6 Å². The molecule has 0 bridgehead atoms. The summed E-state index contributed by atoms with van der Waals surface area (Å²) in [4.78, 5) is 31.1. The minimum atomic E-state index is -0.628. The number of nitrogens with zero attached hydrogens (tertiary/aromatic N) is 3. The van der Waals surface area contributed by atoms with E-state index in [0.29, 0.717) is 15.1 Å². The molecule has 0 aliphatic rings. The number of carbonyl (C=O) groups is 1. The van der Waals surface area contributed by atoms with E-state index >= 15 is 0 Å². The SMILES string of the molecule is O=C(NNc1ncnc(NCc2ccc(Cl)cc2)c1[N+](=O)[O-])c1ccccc1Br. The maximum atomic E-state index is 12.3. The summed E-state index contributed by atoms with van der Waals surface area (Å²) in [5.41, 5.74) is 5.72. The van der Waals surface area contributed by atoms with E-state index in [2.05, 4.69) is 42.1 Å². The average molecular weight is 478 g/mol. The van der Waals surface area contributed by atoms with E-state index in [1.54, 1.807) is 48.5 Å². The van der Waals surface area contributed by atoms with Crippen LogP contribution in [0.1, 0.15) is 15.9 Å². The van der Waals surface area contributed by atoms with Crippen LogP contribution in [0.4, 0.5) is 17.3 Å². The minimum Gasteiger partial charge on any atom is -0.360 e. The molecule has 0 saturated heterocycles. The zero-order chi connectivity index (χ0) is 20.8. The van der Waals surface area contributed by atoms with E-state index in [9.17, 15) is 14.9 Å². The molecule has 0 radical (unpaired) electrons. The molecule has 3 rings (SSSR count). The number of hydrogen-bond donors (Lipinski definition) is 3. The van der Waals surface area contributed by atoms with Gasteiger partial charge in [-0.1, -0.05) is 35.9 Å². The Kier molecular flexibility index (Phi) is 6.57. The molecule has 9 nitrogen and oxygen atoms in total. The number of hydrogen-bond acceptors (Lipinski definition) is 7. The fourth-order valence-corrected chi connectivity index (χ4v) is 2.98. The van der Waals surface area contributed by atoms with Crippen LogP contribution >= 0.6 is 27.5 Å². The number of hydrazine groups is 1. The van der Waals surface area contributed by atoms with Crippen LogP contribution in [-0.4, -0.2) is 20.8 Å². The first-order valence-corrected chi connectivity index (χ1v) is 9.41. The molecule has 2 aromatic carbocycles. The van der Waals surface area contributed by atoms with E-state index in [1.165, 1.54) is 0 Å². The van der Waals surface area contributed by atoms with Gasteiger partial charge in [0.25, 0.3) is 5.91 Å². The van der Waals surface area contributed by atoms with Gasteiger partial charge < -0.3 is 5.32 Å². The van der Waals surface area contributed by atoms with Crippen molar-refractivity contribution < 1.29 is 9.72 Å². The van der Waals surface area contributed by atoms with Gasteiger partial charge in [0.1, 0.15) is 6.33 Å². The predicted molar refractivity (Wildman–Crippen MR) is 113 cm³/mol. The fourth-order valence-electron chi connectivity index (χ4n) is 2.39. The quantitative estimate of drug-likeness (QED) is 0.345. The van der Waals surface area contributed by atoms with Gasteiger partial charge in [-0.2, -0.15) is 0 Å². The highest BCUT2D eigenvalue weighted by Gasteiger charge is 2.23. The Morgan fingerprint density at radius 1 is 1.10 bits per heavy atom. The van der Waals surface area contributed by atoms with Gasteiger partial charge in [-0.05, 0) is 45.8 Å². The lowest BCUT2D eigenvalue weighted by atomic mass is 10.2. The average Bonchev–Trinajstić information content (AvgIpc) is 2.71. The van der Waals surface area contributed by atoms with E-state index in [4.69, 9.17) is 11.6 Å². The van der Waals surface area contributed by atoms with Crippen molar-refractivity contribution in [1.29, 1.82) is 0 Å². The molecular formula is C18H14BrClN6O3. The van der Waals surface area contributed by atoms with Crippen LogP contribution < -0.4 is 16.2 Å². The zero-order valence-electron chi connectivity index (χ0n) is 14.7. The summed E-state index contributed by atoms with van der Waals surface area (Å²) in [5, 5.41) is 15.1. The summed E-state index contributed by atoms with van der Waals surface area (Å²) >= 11 is 9.13. The Morgan fingerprint density at radius 2 is 1.79 bits per heavy atom. The van der Waals surface area contributed by atoms with Gasteiger partial charge >= 0.3 is 5.69 Å². The van der Waals surface area contributed by atoms with Crippen LogP contribution in [-0.2, 0) is 6.54 Å². The van der Waals surface area contributed by atoms with Gasteiger partial charge in [0, 0.05) is 16.0 Å². The topological polar surface area (TPSA) is 122 Å². The highest BCUT2D eigenvalue weighted by Crippen LogP contribution is 2.29. The smallest absolute Gasteiger partial charge is 0.354 e. The van der Waals surface area contributed by atoms with Crippen molar-refractivity contribution in [1.82, 2.24) is 15.4 Å². The number of amides is 1. The number of anilines is 2. The largest absolute Gasteiger partial charge is 0.360 e. The Hall–Kier alpha value is -3.24. The summed E-state index contributed by atoms with van der Waals surface area (Å²) in [6.07, 6.45) is 1.16. The number of benzene rings is 2. The summed E-state index contributed by atoms with van der Waals surface area (Å²) in [6.45, 7) is 0.289. The first kappa shape index (κ1) is 20.5. The Balaban J connectivity index is 1.76. The maximum Gasteiger partial charge on any atom is 0.354 e. The molecule has 0 saturated carbocycles. The molecule has 0 aliphatic carbocycles. The van der Waals surface area contributed by atoms with Crippen molar-refractivity contribution >= 4 is 50.8 Å². The zero-order valence-corrected chi connectivity index (χ0v) is 17.1. The highest BCUT2D eigenvalue weighted by atomic mass is 79.9. The molecule has 1 aromatic heterocycles. The van der Waals surface area contributed by atoms with Crippen LogP contribution in [0.25, 0.3) is 0 Å². The molecule has 11 heteroatoms. The second kappa shape index (κ2) is 9.30. The van der Waals surface area contributed by atoms with Crippen LogP contribution in [0.2, 0.25) is 5.02 Å². The molecule has 0 spiro atoms. The molecular weight excluding hydrogens is 464 g/mol. The third-order valence-corrected chi connectivity index (χ3v) is 4.73. The van der Waals surface area contributed by atoms with Gasteiger partial charge in [-0.25, -0.2) is 9.97 Å². The van der Waals surface area contributed by atoms with Gasteiger partial charge in [0.2, 0.25) is 11.6 Å². The third kappa shape index (κ3) is 5.18. The number of nitrogens with one attached hydrogen (secondary N) is 3. The van der Waals surface area contributed by atoms with E-state index in [1.807, 2.05) is 0 Å². The summed E-state index contributed by atoms with van der Waals surface area (Å²) in [5.74, 6) is -0.623. The monoisotopic (exact) mass is 476 g/mol. The Labute approximate surface area is 178 Å². The van der Waals surface area contributed by atoms with Crippen molar-refractivity contribution in [2.24, 2.45) is 0 Å². The molecule has 0 fully saturated rings. The molecule has 1 amide bonds. The molecule has 0 aliphatic heterocycles. The number of carbonyl (C=O) groups excluding carboxylic acids is 1. The lowest BCUT2D eigenvalue weighted by molar-refractivity contribution is -0.383. The Morgan fingerprint density at radius 3 is 2.48 bits per heavy atom. The normalized spacial score (nSPS) is 10.3. The number of nitro groups is 1. The highest BCUT2D eigenvalue weighted by molar-refractivity contribution is 9.10. The number of rotatable bonds is 7. The molecule has 0 atom stereocenters. The molecule has 3 N–H and O–H groups in total. The van der Waals surface area contributed by atoms with Crippen molar-refractivity contribution in [2.75, 3.05) is 10.7 Å². The second-order valence-corrected chi connectivity index (χ2v) is 7.01. The molecule has 148 valence electrons. The van der Waals surface area contributed by atoms with E-state index in [0.717, 1.165) is 11.9 Å². The fraction of sp³-hybridized carbons (Fsp3) is 0.0556. The molecule has 1 heterocycles. The maximum absolute atomic E-state index is 12.3. The summed E-state index contributed by atoms with van der Waals surface area (Å²) in [7, 11) is 0. The Bertz CT molecular complexity index is 1050. The van der Waals surface area contributed by atoms with Crippen molar-refractivity contribution in [2.45, 2.75) is 6.54 Å². The number of aromatic nitrogens is 2. The van der Waals surface area contributed by atoms with Crippen molar-refractivity contribution in [3.63, 3.8) is 0 Å². The first-order valence-electron chi connectivity index (χ1n) is 8.24. The minimum absolute atomic E-state index is 0.0117. The van der Waals surface area contributed by atoms with Gasteiger partial charge in [-0.15, -0.1) is 0 Å². The van der Waals surface area contributed by atoms with Crippen molar-refractivity contribution in [3.8, 4) is 0 Å². The second-order valence-electron chi connectivity index (χ2n) is 5.72. The molecule has 29 heavy (non-hydrogen) atoms. The van der Waals surface area contributed by atoms with Crippen LogP contribution in [0.3, 0.4) is 0 Å². The van der Waals surface area contributed by atoms with Crippen LogP contribution in [0.15, 0.2) is 59.3 Å². The van der Waals surface area contributed by atoms with E-state index in [-0.39, 0.29) is 18.2 Å². The standard InChI is InChI=1S/C18H14BrClN6O3/c19-14-4-2-1-3-13(14)18(27)25-24-17-15(26(28)29)16(22-10-23-17)21-9-11-5-7-12(20)8-6-11/h1-8,10H,9H2,(H,25,27)(H2,21,22,23,24). The third-order valence-electron chi connectivity index (χ3n) is 3.79. The predicted octanol–water partition coefficient (Wildman–Crippen LogP) is 4.17. The van der Waals surface area contributed by atoms with E-state index < -0.39 is 16.5 Å². The van der Waals surface area contributed by atoms with Crippen LogP contribution in [0.5, 0.6) is 0 Å². The molecule has 3 aromatic rings. The summed E-state index contributed by atoms with van der Waals surface area (Å²) in [6, 6.07) is 13.8. The van der Waals surface area contributed by atoms with Gasteiger partial charge in [0.05, 0.1) is 10.5 Å². The van der Waals surface area contributed by atoms with Gasteiger partial charge in [0.15, 0.2) is 0 Å². The summed E-state index contributed by atoms with van der Waals surface area (Å²) < 4.78 is 0.585. The van der Waals surface area contributed by atoms with Crippen LogP contribution in [0, 0.1) is 10.1 Å². The van der Waals surface area contributed by atoms with Gasteiger partial charge in [-0.3, -0.25) is 25.8 Å².